The van der Waals surface area contributed by atoms with Gasteiger partial charge >= 0.3 is 0 Å². The second kappa shape index (κ2) is 4.59. The van der Waals surface area contributed by atoms with Crippen molar-refractivity contribution in [3.05, 3.63) is 10.4 Å². The number of hydrogen-bond acceptors (Lipinski definition) is 5. The van der Waals surface area contributed by atoms with Crippen LogP contribution >= 0.6 is 0 Å². The van der Waals surface area contributed by atoms with E-state index in [1.54, 1.807) is 6.92 Å². The lowest BCUT2D eigenvalue weighted by molar-refractivity contribution is -0.213. The van der Waals surface area contributed by atoms with E-state index in [0.717, 1.165) is 0 Å². The Balaban J connectivity index is 2.64. The molecule has 1 rings (SSSR count). The molecule has 1 fully saturated rings. The predicted octanol–water partition coefficient (Wildman–Crippen LogP) is -0.833. The summed E-state index contributed by atoms with van der Waals surface area (Å²) in [6.45, 7) is 1.51. The Morgan fingerprint density at radius 2 is 1.93 bits per heavy atom. The van der Waals surface area contributed by atoms with E-state index in [1.165, 1.54) is 0 Å². The van der Waals surface area contributed by atoms with Gasteiger partial charge in [0.2, 0.25) is 0 Å². The fourth-order valence-electron chi connectivity index (χ4n) is 1.40. The van der Waals surface area contributed by atoms with E-state index in [1.807, 2.05) is 0 Å². The van der Waals surface area contributed by atoms with Crippen molar-refractivity contribution in [2.75, 3.05) is 6.54 Å². The van der Waals surface area contributed by atoms with Crippen LogP contribution in [0.15, 0.2) is 5.11 Å². The summed E-state index contributed by atoms with van der Waals surface area (Å²) >= 11 is 0. The molecule has 5 atom stereocenters. The van der Waals surface area contributed by atoms with Crippen LogP contribution in [0.4, 0.5) is 0 Å². The van der Waals surface area contributed by atoms with Gasteiger partial charge in [0.05, 0.1) is 18.8 Å². The fourth-order valence-corrected chi connectivity index (χ4v) is 1.40. The molecule has 0 saturated carbocycles. The molecular weight excluding hydrogens is 190 g/mol. The van der Waals surface area contributed by atoms with Gasteiger partial charge in [-0.3, -0.25) is 0 Å². The number of rotatable bonds is 2. The van der Waals surface area contributed by atoms with Gasteiger partial charge in [0.25, 0.3) is 0 Å². The summed E-state index contributed by atoms with van der Waals surface area (Å²) in [5.41, 5.74) is 8.08. The maximum atomic E-state index is 9.43. The smallest absolute Gasteiger partial charge is 0.111 e. The zero-order chi connectivity index (χ0) is 10.7. The first-order chi connectivity index (χ1) is 6.57. The van der Waals surface area contributed by atoms with Crippen molar-refractivity contribution in [3.8, 4) is 0 Å². The van der Waals surface area contributed by atoms with Crippen molar-refractivity contribution in [2.45, 2.75) is 37.4 Å². The van der Waals surface area contributed by atoms with E-state index >= 15 is 0 Å². The SMILES string of the molecule is C[C@@H]1OC(CN=[N+]=[N-])[C@@H](O)[C@H](O)C1O. The van der Waals surface area contributed by atoms with Crippen molar-refractivity contribution in [1.82, 2.24) is 0 Å². The highest BCUT2D eigenvalue weighted by Gasteiger charge is 2.41. The number of aliphatic hydroxyl groups excluding tert-OH is 3. The average Bonchev–Trinajstić information content (AvgIpc) is 2.18. The van der Waals surface area contributed by atoms with Gasteiger partial charge in [0, 0.05) is 4.91 Å². The van der Waals surface area contributed by atoms with Gasteiger partial charge in [0.1, 0.15) is 18.3 Å². The molecule has 0 aromatic carbocycles. The van der Waals surface area contributed by atoms with Crippen LogP contribution in [0.1, 0.15) is 6.92 Å². The summed E-state index contributed by atoms with van der Waals surface area (Å²) < 4.78 is 5.16. The summed E-state index contributed by atoms with van der Waals surface area (Å²) in [5.74, 6) is 0. The molecule has 2 unspecified atom stereocenters. The lowest BCUT2D eigenvalue weighted by Gasteiger charge is -2.38. The Hall–Kier alpha value is -0.850. The van der Waals surface area contributed by atoms with Crippen molar-refractivity contribution >= 4 is 0 Å². The van der Waals surface area contributed by atoms with Crippen LogP contribution in [-0.4, -0.2) is 52.4 Å². The molecule has 80 valence electrons. The van der Waals surface area contributed by atoms with Gasteiger partial charge in [-0.05, 0) is 12.5 Å². The highest BCUT2D eigenvalue weighted by atomic mass is 16.5. The van der Waals surface area contributed by atoms with Crippen molar-refractivity contribution in [3.63, 3.8) is 0 Å². The topological polar surface area (TPSA) is 119 Å². The first-order valence-corrected chi connectivity index (χ1v) is 4.28. The number of nitrogens with zero attached hydrogens (tertiary/aromatic N) is 3. The van der Waals surface area contributed by atoms with Crippen LogP contribution in [0.5, 0.6) is 0 Å². The van der Waals surface area contributed by atoms with E-state index in [4.69, 9.17) is 10.3 Å². The summed E-state index contributed by atoms with van der Waals surface area (Å²) in [7, 11) is 0. The Bertz CT molecular complexity index is 243. The number of hydrogen-bond donors (Lipinski definition) is 3. The zero-order valence-corrected chi connectivity index (χ0v) is 7.69. The molecule has 0 radical (unpaired) electrons. The zero-order valence-electron chi connectivity index (χ0n) is 7.69. The van der Waals surface area contributed by atoms with Gasteiger partial charge < -0.3 is 20.1 Å². The minimum Gasteiger partial charge on any atom is -0.388 e. The van der Waals surface area contributed by atoms with Gasteiger partial charge in [-0.1, -0.05) is 5.11 Å². The maximum Gasteiger partial charge on any atom is 0.111 e. The lowest BCUT2D eigenvalue weighted by atomic mass is 9.96. The largest absolute Gasteiger partial charge is 0.388 e. The summed E-state index contributed by atoms with van der Waals surface area (Å²) in [6, 6.07) is 0. The molecule has 1 aliphatic rings. The standard InChI is InChI=1S/C7H13N3O4/c1-3-5(11)7(13)6(12)4(14-3)2-9-10-8/h3-7,11-13H,2H2,1H3/t3-,4?,5?,6+,7+/m0/s1. The maximum absolute atomic E-state index is 9.43. The second-order valence-corrected chi connectivity index (χ2v) is 3.26. The van der Waals surface area contributed by atoms with Crippen LogP contribution in [0.2, 0.25) is 0 Å². The normalized spacial score (nSPS) is 43.0. The first-order valence-electron chi connectivity index (χ1n) is 4.28. The quantitative estimate of drug-likeness (QED) is 0.308. The molecule has 1 heterocycles. The van der Waals surface area contributed by atoms with E-state index in [-0.39, 0.29) is 6.54 Å². The van der Waals surface area contributed by atoms with Crippen LogP contribution < -0.4 is 0 Å². The molecule has 7 heteroatoms. The van der Waals surface area contributed by atoms with Gasteiger partial charge in [-0.15, -0.1) is 0 Å². The predicted molar refractivity (Wildman–Crippen MR) is 46.4 cm³/mol. The third-order valence-corrected chi connectivity index (χ3v) is 2.28. The molecule has 14 heavy (non-hydrogen) atoms. The third-order valence-electron chi connectivity index (χ3n) is 2.28. The number of azide groups is 1. The molecule has 1 aliphatic heterocycles. The van der Waals surface area contributed by atoms with Crippen LogP contribution in [-0.2, 0) is 4.74 Å². The van der Waals surface area contributed by atoms with Gasteiger partial charge in [-0.2, -0.15) is 0 Å². The van der Waals surface area contributed by atoms with Crippen molar-refractivity contribution < 1.29 is 20.1 Å². The van der Waals surface area contributed by atoms with Crippen LogP contribution in [0.25, 0.3) is 10.4 Å². The van der Waals surface area contributed by atoms with Crippen LogP contribution in [0.3, 0.4) is 0 Å². The van der Waals surface area contributed by atoms with E-state index in [0.29, 0.717) is 0 Å². The Labute approximate surface area is 80.6 Å². The molecule has 0 bridgehead atoms. The molecule has 1 saturated heterocycles. The first kappa shape index (κ1) is 11.2. The minimum absolute atomic E-state index is 0.0637. The highest BCUT2D eigenvalue weighted by molar-refractivity contribution is 4.91. The molecule has 0 aliphatic carbocycles. The molecule has 3 N–H and O–H groups in total. The van der Waals surface area contributed by atoms with Crippen molar-refractivity contribution in [2.24, 2.45) is 5.11 Å². The Kier molecular flexibility index (Phi) is 3.68. The van der Waals surface area contributed by atoms with E-state index < -0.39 is 30.5 Å². The third kappa shape index (κ3) is 2.14. The molecular formula is C7H13N3O4. The summed E-state index contributed by atoms with van der Waals surface area (Å²) in [5, 5.41) is 31.4. The van der Waals surface area contributed by atoms with E-state index in [9.17, 15) is 15.3 Å². The number of ether oxygens (including phenoxy) is 1. The van der Waals surface area contributed by atoms with Crippen molar-refractivity contribution in [1.29, 1.82) is 0 Å². The molecule has 0 aromatic heterocycles. The monoisotopic (exact) mass is 203 g/mol. The highest BCUT2D eigenvalue weighted by Crippen LogP contribution is 2.20. The average molecular weight is 203 g/mol. The Morgan fingerprint density at radius 1 is 1.29 bits per heavy atom. The lowest BCUT2D eigenvalue weighted by Crippen LogP contribution is -2.57. The van der Waals surface area contributed by atoms with Gasteiger partial charge in [-0.25, -0.2) is 0 Å². The Morgan fingerprint density at radius 3 is 2.50 bits per heavy atom. The second-order valence-electron chi connectivity index (χ2n) is 3.26. The summed E-state index contributed by atoms with van der Waals surface area (Å²) in [4.78, 5) is 2.52. The minimum atomic E-state index is -1.27. The summed E-state index contributed by atoms with van der Waals surface area (Å²) in [6.07, 6.45) is -4.97. The van der Waals surface area contributed by atoms with E-state index in [2.05, 4.69) is 10.0 Å². The van der Waals surface area contributed by atoms with Gasteiger partial charge in [0.15, 0.2) is 0 Å². The fraction of sp³-hybridized carbons (Fsp3) is 1.00. The van der Waals surface area contributed by atoms with Crippen LogP contribution in [0, 0.1) is 0 Å². The number of aliphatic hydroxyl groups is 3. The molecule has 0 amide bonds. The molecule has 0 aromatic rings. The molecule has 0 spiro atoms. The molecule has 7 nitrogen and oxygen atoms in total.